The molecular formula is C15H18Br2N2O2. The minimum absolute atomic E-state index is 0.118. The molecule has 0 N–H and O–H groups in total. The Labute approximate surface area is 141 Å². The summed E-state index contributed by atoms with van der Waals surface area (Å²) >= 11 is 6.88. The molecule has 0 saturated carbocycles. The van der Waals surface area contributed by atoms with Gasteiger partial charge in [0.15, 0.2) is 0 Å². The normalized spacial score (nSPS) is 23.5. The Bertz CT molecular complexity index is 512. The smallest absolute Gasteiger partial charge is 0.253 e. The quantitative estimate of drug-likeness (QED) is 0.741. The molecule has 1 aromatic rings. The van der Waals surface area contributed by atoms with Crippen LogP contribution in [0.1, 0.15) is 16.8 Å². The zero-order valence-corrected chi connectivity index (χ0v) is 14.9. The number of benzene rings is 1. The molecule has 1 aromatic carbocycles. The first-order valence-electron chi connectivity index (χ1n) is 7.20. The van der Waals surface area contributed by atoms with E-state index in [0.717, 1.165) is 60.3 Å². The van der Waals surface area contributed by atoms with Gasteiger partial charge in [-0.25, -0.2) is 0 Å². The Morgan fingerprint density at radius 3 is 2.43 bits per heavy atom. The molecule has 21 heavy (non-hydrogen) atoms. The SMILES string of the molecule is O=C(c1cc(Br)cc(Br)c1)N1CCC(N2CCOCC2)C1. The lowest BCUT2D eigenvalue weighted by atomic mass is 10.2. The highest BCUT2D eigenvalue weighted by molar-refractivity contribution is 9.11. The fourth-order valence-electron chi connectivity index (χ4n) is 3.03. The van der Waals surface area contributed by atoms with E-state index in [4.69, 9.17) is 4.74 Å². The van der Waals surface area contributed by atoms with Crippen molar-refractivity contribution in [2.45, 2.75) is 12.5 Å². The van der Waals surface area contributed by atoms with E-state index in [1.807, 2.05) is 23.1 Å². The summed E-state index contributed by atoms with van der Waals surface area (Å²) < 4.78 is 7.24. The first kappa shape index (κ1) is 15.5. The summed E-state index contributed by atoms with van der Waals surface area (Å²) in [6.07, 6.45) is 1.06. The van der Waals surface area contributed by atoms with Crippen LogP contribution in [0.4, 0.5) is 0 Å². The second kappa shape index (κ2) is 6.77. The molecule has 4 nitrogen and oxygen atoms in total. The predicted molar refractivity (Wildman–Crippen MR) is 88.5 cm³/mol. The Balaban J connectivity index is 1.66. The fraction of sp³-hybridized carbons (Fsp3) is 0.533. The fourth-order valence-corrected chi connectivity index (χ4v) is 4.32. The van der Waals surface area contributed by atoms with Gasteiger partial charge in [-0.2, -0.15) is 0 Å². The van der Waals surface area contributed by atoms with Crippen LogP contribution in [0.5, 0.6) is 0 Å². The molecule has 2 aliphatic rings. The number of carbonyl (C=O) groups is 1. The van der Waals surface area contributed by atoms with Gasteiger partial charge in [0, 0.05) is 46.7 Å². The van der Waals surface area contributed by atoms with Crippen molar-refractivity contribution in [3.8, 4) is 0 Å². The standard InChI is InChI=1S/C15H18Br2N2O2/c16-12-7-11(8-13(17)9-12)15(20)19-2-1-14(10-19)18-3-5-21-6-4-18/h7-9,14H,1-6,10H2. The summed E-state index contributed by atoms with van der Waals surface area (Å²) in [4.78, 5) is 17.0. The van der Waals surface area contributed by atoms with Crippen LogP contribution in [0.2, 0.25) is 0 Å². The third-order valence-corrected chi connectivity index (χ3v) is 5.04. The van der Waals surface area contributed by atoms with E-state index in [9.17, 15) is 4.79 Å². The number of morpholine rings is 1. The van der Waals surface area contributed by atoms with Gasteiger partial charge in [-0.1, -0.05) is 31.9 Å². The molecule has 0 spiro atoms. The molecule has 0 bridgehead atoms. The third kappa shape index (κ3) is 3.67. The lowest BCUT2D eigenvalue weighted by molar-refractivity contribution is 0.0185. The average molecular weight is 418 g/mol. The van der Waals surface area contributed by atoms with Crippen molar-refractivity contribution in [2.75, 3.05) is 39.4 Å². The van der Waals surface area contributed by atoms with Gasteiger partial charge < -0.3 is 9.64 Å². The van der Waals surface area contributed by atoms with Crippen molar-refractivity contribution in [1.82, 2.24) is 9.80 Å². The number of nitrogens with zero attached hydrogens (tertiary/aromatic N) is 2. The van der Waals surface area contributed by atoms with Gasteiger partial charge in [-0.05, 0) is 24.6 Å². The average Bonchev–Trinajstić information content (AvgIpc) is 2.96. The second-order valence-electron chi connectivity index (χ2n) is 5.50. The number of halogens is 2. The molecule has 1 unspecified atom stereocenters. The molecule has 114 valence electrons. The van der Waals surface area contributed by atoms with Gasteiger partial charge in [-0.15, -0.1) is 0 Å². The molecule has 2 aliphatic heterocycles. The number of ether oxygens (including phenoxy) is 1. The van der Waals surface area contributed by atoms with Gasteiger partial charge in [0.2, 0.25) is 0 Å². The molecule has 2 fully saturated rings. The van der Waals surface area contributed by atoms with Crippen LogP contribution in [-0.2, 0) is 4.74 Å². The van der Waals surface area contributed by atoms with Crippen molar-refractivity contribution < 1.29 is 9.53 Å². The highest BCUT2D eigenvalue weighted by Gasteiger charge is 2.31. The van der Waals surface area contributed by atoms with Gasteiger partial charge in [0.1, 0.15) is 0 Å². The summed E-state index contributed by atoms with van der Waals surface area (Å²) in [5.74, 6) is 0.118. The minimum atomic E-state index is 0.118. The van der Waals surface area contributed by atoms with E-state index in [1.165, 1.54) is 0 Å². The molecule has 0 radical (unpaired) electrons. The van der Waals surface area contributed by atoms with Crippen molar-refractivity contribution in [3.05, 3.63) is 32.7 Å². The highest BCUT2D eigenvalue weighted by atomic mass is 79.9. The number of likely N-dealkylation sites (tertiary alicyclic amines) is 1. The number of carbonyl (C=O) groups excluding carboxylic acids is 1. The first-order chi connectivity index (χ1) is 10.1. The van der Waals surface area contributed by atoms with E-state index in [0.29, 0.717) is 6.04 Å². The second-order valence-corrected chi connectivity index (χ2v) is 7.33. The maximum atomic E-state index is 12.6. The predicted octanol–water partition coefficient (Wildman–Crippen LogP) is 2.76. The van der Waals surface area contributed by atoms with Crippen LogP contribution in [0.15, 0.2) is 27.1 Å². The Morgan fingerprint density at radius 1 is 1.10 bits per heavy atom. The molecular weight excluding hydrogens is 400 g/mol. The van der Waals surface area contributed by atoms with Gasteiger partial charge in [0.25, 0.3) is 5.91 Å². The molecule has 2 heterocycles. The maximum Gasteiger partial charge on any atom is 0.253 e. The lowest BCUT2D eigenvalue weighted by Crippen LogP contribution is -2.45. The molecule has 0 aliphatic carbocycles. The number of hydrogen-bond donors (Lipinski definition) is 0. The third-order valence-electron chi connectivity index (χ3n) is 4.12. The van der Waals surface area contributed by atoms with Crippen LogP contribution in [-0.4, -0.2) is 61.1 Å². The summed E-state index contributed by atoms with van der Waals surface area (Å²) in [6.45, 7) is 5.24. The number of amides is 1. The molecule has 3 rings (SSSR count). The van der Waals surface area contributed by atoms with E-state index >= 15 is 0 Å². The highest BCUT2D eigenvalue weighted by Crippen LogP contribution is 2.24. The van der Waals surface area contributed by atoms with Crippen LogP contribution in [0.25, 0.3) is 0 Å². The van der Waals surface area contributed by atoms with Crippen molar-refractivity contribution in [1.29, 1.82) is 0 Å². The van der Waals surface area contributed by atoms with Gasteiger partial charge in [-0.3, -0.25) is 9.69 Å². The van der Waals surface area contributed by atoms with E-state index in [1.54, 1.807) is 0 Å². The van der Waals surface area contributed by atoms with Crippen molar-refractivity contribution in [2.24, 2.45) is 0 Å². The lowest BCUT2D eigenvalue weighted by Gasteiger charge is -2.32. The van der Waals surface area contributed by atoms with E-state index in [-0.39, 0.29) is 5.91 Å². The number of rotatable bonds is 2. The first-order valence-corrected chi connectivity index (χ1v) is 8.79. The van der Waals surface area contributed by atoms with Gasteiger partial charge >= 0.3 is 0 Å². The zero-order chi connectivity index (χ0) is 14.8. The molecule has 1 atom stereocenters. The van der Waals surface area contributed by atoms with Crippen LogP contribution in [0, 0.1) is 0 Å². The van der Waals surface area contributed by atoms with Gasteiger partial charge in [0.05, 0.1) is 13.2 Å². The molecule has 6 heteroatoms. The van der Waals surface area contributed by atoms with Crippen LogP contribution < -0.4 is 0 Å². The summed E-state index contributed by atoms with van der Waals surface area (Å²) in [5.41, 5.74) is 0.735. The number of hydrogen-bond acceptors (Lipinski definition) is 3. The van der Waals surface area contributed by atoms with Crippen LogP contribution >= 0.6 is 31.9 Å². The summed E-state index contributed by atoms with van der Waals surface area (Å²) in [7, 11) is 0. The molecule has 2 saturated heterocycles. The summed E-state index contributed by atoms with van der Waals surface area (Å²) in [5, 5.41) is 0. The zero-order valence-electron chi connectivity index (χ0n) is 11.7. The topological polar surface area (TPSA) is 32.8 Å². The summed E-state index contributed by atoms with van der Waals surface area (Å²) in [6, 6.07) is 6.19. The van der Waals surface area contributed by atoms with Crippen molar-refractivity contribution in [3.63, 3.8) is 0 Å². The molecule has 0 aromatic heterocycles. The van der Waals surface area contributed by atoms with Crippen LogP contribution in [0.3, 0.4) is 0 Å². The van der Waals surface area contributed by atoms with E-state index < -0.39 is 0 Å². The Kier molecular flexibility index (Phi) is 4.99. The minimum Gasteiger partial charge on any atom is -0.379 e. The monoisotopic (exact) mass is 416 g/mol. The van der Waals surface area contributed by atoms with E-state index in [2.05, 4.69) is 36.8 Å². The molecule has 1 amide bonds. The van der Waals surface area contributed by atoms with Crippen molar-refractivity contribution >= 4 is 37.8 Å². The largest absolute Gasteiger partial charge is 0.379 e. The maximum absolute atomic E-state index is 12.6. The Hall–Kier alpha value is -0.430. The Morgan fingerprint density at radius 2 is 1.76 bits per heavy atom.